The number of para-hydroxylation sites is 1. The Bertz CT molecular complexity index is 605. The highest BCUT2D eigenvalue weighted by Crippen LogP contribution is 2.30. The topological polar surface area (TPSA) is 59.4 Å². The van der Waals surface area contributed by atoms with E-state index in [0.717, 1.165) is 18.2 Å². The summed E-state index contributed by atoms with van der Waals surface area (Å²) in [5, 5.41) is 9.93. The molecule has 0 spiro atoms. The van der Waals surface area contributed by atoms with Gasteiger partial charge in [0, 0.05) is 11.5 Å². The molecule has 1 N–H and O–H groups in total. The van der Waals surface area contributed by atoms with Crippen molar-refractivity contribution in [2.75, 3.05) is 0 Å². The maximum atomic E-state index is 11.0. The highest BCUT2D eigenvalue weighted by Gasteiger charge is 2.21. The Morgan fingerprint density at radius 1 is 1.33 bits per heavy atom. The first-order chi connectivity index (χ1) is 8.74. The Hall–Kier alpha value is -2.10. The standard InChI is InChI=1S/C14H13NO3/c16-14(17)12-8-13(18-9-4-3-5-9)10-6-1-2-7-11(10)15-12/h1-2,6-9H,3-5H2,(H,16,17). The van der Waals surface area contributed by atoms with Gasteiger partial charge < -0.3 is 9.84 Å². The van der Waals surface area contributed by atoms with Crippen molar-refractivity contribution in [1.82, 2.24) is 4.98 Å². The second-order valence-corrected chi connectivity index (χ2v) is 4.50. The molecule has 1 heterocycles. The van der Waals surface area contributed by atoms with E-state index in [1.165, 1.54) is 12.5 Å². The third-order valence-electron chi connectivity index (χ3n) is 3.24. The predicted octanol–water partition coefficient (Wildman–Crippen LogP) is 2.86. The molecule has 1 aliphatic carbocycles. The van der Waals surface area contributed by atoms with Crippen molar-refractivity contribution in [2.24, 2.45) is 0 Å². The van der Waals surface area contributed by atoms with Gasteiger partial charge in [-0.3, -0.25) is 0 Å². The number of ether oxygens (including phenoxy) is 1. The van der Waals surface area contributed by atoms with Gasteiger partial charge in [0.15, 0.2) is 5.69 Å². The Morgan fingerprint density at radius 3 is 2.78 bits per heavy atom. The van der Waals surface area contributed by atoms with Crippen LogP contribution in [0.2, 0.25) is 0 Å². The van der Waals surface area contributed by atoms with Gasteiger partial charge in [0.2, 0.25) is 0 Å². The van der Waals surface area contributed by atoms with Crippen LogP contribution in [0.4, 0.5) is 0 Å². The van der Waals surface area contributed by atoms with Gasteiger partial charge in [-0.05, 0) is 31.4 Å². The number of carboxylic acid groups (broad SMARTS) is 1. The molecule has 1 aliphatic rings. The zero-order valence-electron chi connectivity index (χ0n) is 9.80. The van der Waals surface area contributed by atoms with Crippen LogP contribution in [-0.4, -0.2) is 22.2 Å². The van der Waals surface area contributed by atoms with Gasteiger partial charge in [-0.25, -0.2) is 9.78 Å². The molecule has 4 heteroatoms. The maximum Gasteiger partial charge on any atom is 0.354 e. The molecule has 2 aromatic rings. The Labute approximate surface area is 104 Å². The minimum Gasteiger partial charge on any atom is -0.490 e. The Morgan fingerprint density at radius 2 is 2.11 bits per heavy atom. The zero-order valence-corrected chi connectivity index (χ0v) is 9.80. The van der Waals surface area contributed by atoms with Crippen LogP contribution in [-0.2, 0) is 0 Å². The van der Waals surface area contributed by atoms with Crippen molar-refractivity contribution in [2.45, 2.75) is 25.4 Å². The first-order valence-electron chi connectivity index (χ1n) is 6.04. The molecule has 1 saturated carbocycles. The number of nitrogens with zero attached hydrogens (tertiary/aromatic N) is 1. The number of hydrogen-bond acceptors (Lipinski definition) is 3. The third kappa shape index (κ3) is 1.90. The lowest BCUT2D eigenvalue weighted by molar-refractivity contribution is 0.0689. The SMILES string of the molecule is O=C(O)c1cc(OC2CCC2)c2ccccc2n1. The summed E-state index contributed by atoms with van der Waals surface area (Å²) in [6, 6.07) is 8.96. The van der Waals surface area contributed by atoms with Gasteiger partial charge in [0.05, 0.1) is 11.6 Å². The fourth-order valence-electron chi connectivity index (χ4n) is 2.02. The van der Waals surface area contributed by atoms with E-state index in [4.69, 9.17) is 9.84 Å². The second kappa shape index (κ2) is 4.29. The summed E-state index contributed by atoms with van der Waals surface area (Å²) < 4.78 is 5.85. The van der Waals surface area contributed by atoms with Crippen LogP contribution in [0.3, 0.4) is 0 Å². The van der Waals surface area contributed by atoms with Crippen LogP contribution in [0.15, 0.2) is 30.3 Å². The molecule has 0 aliphatic heterocycles. The molecule has 0 saturated heterocycles. The van der Waals surface area contributed by atoms with Crippen LogP contribution in [0.1, 0.15) is 29.8 Å². The lowest BCUT2D eigenvalue weighted by Crippen LogP contribution is -2.24. The maximum absolute atomic E-state index is 11.0. The van der Waals surface area contributed by atoms with E-state index in [0.29, 0.717) is 11.3 Å². The molecule has 1 fully saturated rings. The van der Waals surface area contributed by atoms with E-state index < -0.39 is 5.97 Å². The van der Waals surface area contributed by atoms with Crippen molar-refractivity contribution in [3.8, 4) is 5.75 Å². The van der Waals surface area contributed by atoms with Gasteiger partial charge in [-0.1, -0.05) is 12.1 Å². The number of aromatic carboxylic acids is 1. The third-order valence-corrected chi connectivity index (χ3v) is 3.24. The summed E-state index contributed by atoms with van der Waals surface area (Å²) >= 11 is 0. The molecule has 0 radical (unpaired) electrons. The first kappa shape index (κ1) is 11.0. The van der Waals surface area contributed by atoms with Crippen molar-refractivity contribution in [3.63, 3.8) is 0 Å². The van der Waals surface area contributed by atoms with Crippen LogP contribution in [0.5, 0.6) is 5.75 Å². The second-order valence-electron chi connectivity index (χ2n) is 4.50. The van der Waals surface area contributed by atoms with Crippen LogP contribution < -0.4 is 4.74 Å². The van der Waals surface area contributed by atoms with E-state index in [9.17, 15) is 4.79 Å². The van der Waals surface area contributed by atoms with Gasteiger partial charge in [-0.15, -0.1) is 0 Å². The lowest BCUT2D eigenvalue weighted by atomic mass is 9.96. The number of hydrogen-bond donors (Lipinski definition) is 1. The van der Waals surface area contributed by atoms with E-state index >= 15 is 0 Å². The lowest BCUT2D eigenvalue weighted by Gasteiger charge is -2.27. The number of aromatic nitrogens is 1. The summed E-state index contributed by atoms with van der Waals surface area (Å²) in [5.41, 5.74) is 0.690. The van der Waals surface area contributed by atoms with Crippen molar-refractivity contribution in [1.29, 1.82) is 0 Å². The van der Waals surface area contributed by atoms with Crippen molar-refractivity contribution in [3.05, 3.63) is 36.0 Å². The largest absolute Gasteiger partial charge is 0.490 e. The predicted molar refractivity (Wildman–Crippen MR) is 67.0 cm³/mol. The Kier molecular flexibility index (Phi) is 2.63. The normalized spacial score (nSPS) is 15.3. The molecule has 3 rings (SSSR count). The van der Waals surface area contributed by atoms with E-state index in [-0.39, 0.29) is 11.8 Å². The van der Waals surface area contributed by atoms with Gasteiger partial charge in [-0.2, -0.15) is 0 Å². The number of pyridine rings is 1. The van der Waals surface area contributed by atoms with Crippen LogP contribution >= 0.6 is 0 Å². The number of carboxylic acids is 1. The molecule has 1 aromatic heterocycles. The molecule has 0 bridgehead atoms. The fraction of sp³-hybridized carbons (Fsp3) is 0.286. The summed E-state index contributed by atoms with van der Waals surface area (Å²) in [7, 11) is 0. The molecular formula is C14H13NO3. The van der Waals surface area contributed by atoms with E-state index in [1.54, 1.807) is 6.07 Å². The number of fused-ring (bicyclic) bond motifs is 1. The molecule has 0 unspecified atom stereocenters. The fourth-order valence-corrected chi connectivity index (χ4v) is 2.02. The first-order valence-corrected chi connectivity index (χ1v) is 6.04. The van der Waals surface area contributed by atoms with Crippen LogP contribution in [0, 0.1) is 0 Å². The molecule has 1 aromatic carbocycles. The smallest absolute Gasteiger partial charge is 0.354 e. The molecular weight excluding hydrogens is 230 g/mol. The average Bonchev–Trinajstić information content (AvgIpc) is 2.33. The van der Waals surface area contributed by atoms with Crippen LogP contribution in [0.25, 0.3) is 10.9 Å². The highest BCUT2D eigenvalue weighted by molar-refractivity contribution is 5.93. The van der Waals surface area contributed by atoms with Gasteiger partial charge in [0.1, 0.15) is 5.75 Å². The minimum absolute atomic E-state index is 0.0306. The molecule has 0 atom stereocenters. The average molecular weight is 243 g/mol. The van der Waals surface area contributed by atoms with Crippen molar-refractivity contribution < 1.29 is 14.6 Å². The van der Waals surface area contributed by atoms with Gasteiger partial charge >= 0.3 is 5.97 Å². The quantitative estimate of drug-likeness (QED) is 0.900. The summed E-state index contributed by atoms with van der Waals surface area (Å²) in [6.45, 7) is 0. The molecule has 18 heavy (non-hydrogen) atoms. The monoisotopic (exact) mass is 243 g/mol. The minimum atomic E-state index is -1.03. The zero-order chi connectivity index (χ0) is 12.5. The number of benzene rings is 1. The highest BCUT2D eigenvalue weighted by atomic mass is 16.5. The molecule has 0 amide bonds. The van der Waals surface area contributed by atoms with Crippen molar-refractivity contribution >= 4 is 16.9 Å². The van der Waals surface area contributed by atoms with E-state index in [2.05, 4.69) is 4.98 Å². The summed E-state index contributed by atoms with van der Waals surface area (Å²) in [4.78, 5) is 15.2. The molecule has 92 valence electrons. The summed E-state index contributed by atoms with van der Waals surface area (Å²) in [5.74, 6) is -0.401. The molecule has 4 nitrogen and oxygen atoms in total. The number of carbonyl (C=O) groups is 1. The Balaban J connectivity index is 2.10. The van der Waals surface area contributed by atoms with Gasteiger partial charge in [0.25, 0.3) is 0 Å². The van der Waals surface area contributed by atoms with E-state index in [1.807, 2.05) is 18.2 Å². The summed E-state index contributed by atoms with van der Waals surface area (Å²) in [6.07, 6.45) is 3.48. The number of rotatable bonds is 3.